The van der Waals surface area contributed by atoms with Gasteiger partial charge in [0.15, 0.2) is 5.69 Å². The van der Waals surface area contributed by atoms with E-state index in [1.54, 1.807) is 48.7 Å². The number of nitrogens with one attached hydrogen (secondary N) is 1. The van der Waals surface area contributed by atoms with Gasteiger partial charge in [0.2, 0.25) is 0 Å². The Morgan fingerprint density at radius 1 is 1.12 bits per heavy atom. The van der Waals surface area contributed by atoms with Crippen molar-refractivity contribution in [1.29, 1.82) is 0 Å². The van der Waals surface area contributed by atoms with Gasteiger partial charge in [-0.15, -0.1) is 0 Å². The summed E-state index contributed by atoms with van der Waals surface area (Å²) in [6.45, 7) is 2.06. The molecule has 1 unspecified atom stereocenters. The molecule has 2 amide bonds. The quantitative estimate of drug-likeness (QED) is 0.298. The summed E-state index contributed by atoms with van der Waals surface area (Å²) in [5, 5.41) is 8.39. The van der Waals surface area contributed by atoms with E-state index in [9.17, 15) is 14.0 Å². The summed E-state index contributed by atoms with van der Waals surface area (Å²) < 4.78 is 20.2. The Bertz CT molecular complexity index is 1610. The van der Waals surface area contributed by atoms with Crippen LogP contribution in [0, 0.1) is 5.82 Å². The van der Waals surface area contributed by atoms with Crippen molar-refractivity contribution in [3.63, 3.8) is 0 Å². The van der Waals surface area contributed by atoms with Gasteiger partial charge in [-0.05, 0) is 67.4 Å². The Morgan fingerprint density at radius 2 is 1.90 bits per heavy atom. The van der Waals surface area contributed by atoms with Crippen molar-refractivity contribution in [3.8, 4) is 5.69 Å². The number of carbonyl (C=O) groups excluding carboxylic acids is 2. The maximum Gasteiger partial charge on any atom is 0.414 e. The SMILES string of the molecule is COC(=O)N1CCc2c(C(=O)NC(C)c3ccccn3)nn(-c3ccc(Cl)cc3Cl)c2/C1=C/c1ccc(F)cc1. The van der Waals surface area contributed by atoms with Crippen molar-refractivity contribution in [1.82, 2.24) is 25.0 Å². The van der Waals surface area contributed by atoms with Gasteiger partial charge in [0, 0.05) is 23.3 Å². The van der Waals surface area contributed by atoms with Gasteiger partial charge >= 0.3 is 6.09 Å². The van der Waals surface area contributed by atoms with Crippen molar-refractivity contribution in [2.75, 3.05) is 13.7 Å². The normalized spacial score (nSPS) is 14.5. The lowest BCUT2D eigenvalue weighted by Crippen LogP contribution is -2.36. The van der Waals surface area contributed by atoms with Crippen LogP contribution in [-0.4, -0.2) is 45.3 Å². The Hall–Kier alpha value is -4.21. The van der Waals surface area contributed by atoms with Crippen LogP contribution in [-0.2, 0) is 11.2 Å². The zero-order chi connectivity index (χ0) is 28.4. The number of hydrogen-bond acceptors (Lipinski definition) is 5. The highest BCUT2D eigenvalue weighted by molar-refractivity contribution is 6.35. The Labute approximate surface area is 240 Å². The Kier molecular flexibility index (Phi) is 7.86. The van der Waals surface area contributed by atoms with Crippen LogP contribution in [0.5, 0.6) is 0 Å². The van der Waals surface area contributed by atoms with Crippen LogP contribution in [0.4, 0.5) is 9.18 Å². The van der Waals surface area contributed by atoms with E-state index in [2.05, 4.69) is 10.3 Å². The van der Waals surface area contributed by atoms with E-state index in [0.717, 1.165) is 0 Å². The molecule has 2 aromatic heterocycles. The number of fused-ring (bicyclic) bond motifs is 1. The number of hydrogen-bond donors (Lipinski definition) is 1. The zero-order valence-electron chi connectivity index (χ0n) is 21.6. The van der Waals surface area contributed by atoms with E-state index < -0.39 is 23.9 Å². The lowest BCUT2D eigenvalue weighted by molar-refractivity contribution is 0.0932. The summed E-state index contributed by atoms with van der Waals surface area (Å²) >= 11 is 12.7. The second-order valence-corrected chi connectivity index (χ2v) is 9.93. The minimum atomic E-state index is -0.594. The van der Waals surface area contributed by atoms with Crippen molar-refractivity contribution in [3.05, 3.63) is 111 Å². The van der Waals surface area contributed by atoms with Gasteiger partial charge in [-0.25, -0.2) is 13.9 Å². The van der Waals surface area contributed by atoms with E-state index in [4.69, 9.17) is 33.0 Å². The van der Waals surface area contributed by atoms with E-state index >= 15 is 0 Å². The van der Waals surface area contributed by atoms with Crippen molar-refractivity contribution < 1.29 is 18.7 Å². The Morgan fingerprint density at radius 3 is 2.58 bits per heavy atom. The predicted molar refractivity (Wildman–Crippen MR) is 151 cm³/mol. The Balaban J connectivity index is 1.69. The fourth-order valence-electron chi connectivity index (χ4n) is 4.57. The molecular formula is C29H24Cl2FN5O3. The van der Waals surface area contributed by atoms with Crippen molar-refractivity contribution >= 4 is 47.0 Å². The molecule has 1 aliphatic rings. The highest BCUT2D eigenvalue weighted by Gasteiger charge is 2.35. The number of ether oxygens (including phenoxy) is 1. The van der Waals surface area contributed by atoms with E-state index in [1.165, 1.54) is 28.8 Å². The molecule has 3 heterocycles. The lowest BCUT2D eigenvalue weighted by atomic mass is 9.99. The van der Waals surface area contributed by atoms with Crippen LogP contribution in [0.3, 0.4) is 0 Å². The molecule has 0 fully saturated rings. The number of carbonyl (C=O) groups is 2. The van der Waals surface area contributed by atoms with Crippen LogP contribution < -0.4 is 5.32 Å². The topological polar surface area (TPSA) is 89.3 Å². The van der Waals surface area contributed by atoms with E-state index in [-0.39, 0.29) is 12.2 Å². The summed E-state index contributed by atoms with van der Waals surface area (Å²) in [5.74, 6) is -0.804. The van der Waals surface area contributed by atoms with Crippen LogP contribution in [0.2, 0.25) is 10.0 Å². The first-order chi connectivity index (χ1) is 19.3. The molecule has 0 saturated heterocycles. The third-order valence-corrected chi connectivity index (χ3v) is 7.04. The number of benzene rings is 2. The van der Waals surface area contributed by atoms with Gasteiger partial charge in [-0.2, -0.15) is 5.10 Å². The summed E-state index contributed by atoms with van der Waals surface area (Å²) in [7, 11) is 1.29. The average molecular weight is 580 g/mol. The van der Waals surface area contributed by atoms with Gasteiger partial charge < -0.3 is 10.1 Å². The van der Waals surface area contributed by atoms with Crippen molar-refractivity contribution in [2.45, 2.75) is 19.4 Å². The molecule has 0 spiro atoms. The van der Waals surface area contributed by atoms with Gasteiger partial charge in [-0.1, -0.05) is 41.4 Å². The number of halogens is 3. The molecule has 0 radical (unpaired) electrons. The predicted octanol–water partition coefficient (Wildman–Crippen LogP) is 6.33. The molecule has 40 heavy (non-hydrogen) atoms. The number of aromatic nitrogens is 3. The monoisotopic (exact) mass is 579 g/mol. The van der Waals surface area contributed by atoms with E-state index in [0.29, 0.717) is 50.4 Å². The fraction of sp³-hybridized carbons (Fsp3) is 0.172. The first-order valence-corrected chi connectivity index (χ1v) is 13.1. The summed E-state index contributed by atoms with van der Waals surface area (Å²) in [5.41, 5.74) is 3.46. The second kappa shape index (κ2) is 11.5. The molecule has 11 heteroatoms. The molecule has 0 saturated carbocycles. The fourth-order valence-corrected chi connectivity index (χ4v) is 5.05. The largest absolute Gasteiger partial charge is 0.452 e. The molecule has 0 bridgehead atoms. The first-order valence-electron chi connectivity index (χ1n) is 12.4. The third kappa shape index (κ3) is 5.43. The molecular weight excluding hydrogens is 556 g/mol. The third-order valence-electron chi connectivity index (χ3n) is 6.50. The van der Waals surface area contributed by atoms with Gasteiger partial charge in [0.1, 0.15) is 5.82 Å². The molecule has 5 rings (SSSR count). The second-order valence-electron chi connectivity index (χ2n) is 9.09. The summed E-state index contributed by atoms with van der Waals surface area (Å²) in [6.07, 6.45) is 3.10. The number of amides is 2. The van der Waals surface area contributed by atoms with Gasteiger partial charge in [0.05, 0.1) is 40.9 Å². The molecule has 1 aliphatic heterocycles. The zero-order valence-corrected chi connectivity index (χ0v) is 23.1. The van der Waals surface area contributed by atoms with Crippen LogP contribution >= 0.6 is 23.2 Å². The van der Waals surface area contributed by atoms with Gasteiger partial charge in [-0.3, -0.25) is 14.7 Å². The number of methoxy groups -OCH3 is 1. The summed E-state index contributed by atoms with van der Waals surface area (Å²) in [4.78, 5) is 32.3. The number of nitrogens with zero attached hydrogens (tertiary/aromatic N) is 4. The number of pyridine rings is 1. The molecule has 1 N–H and O–H groups in total. The minimum Gasteiger partial charge on any atom is -0.452 e. The molecule has 0 aliphatic carbocycles. The smallest absolute Gasteiger partial charge is 0.414 e. The van der Waals surface area contributed by atoms with Gasteiger partial charge in [0.25, 0.3) is 5.91 Å². The van der Waals surface area contributed by atoms with Crippen molar-refractivity contribution in [2.24, 2.45) is 0 Å². The van der Waals surface area contributed by atoms with Crippen LogP contribution in [0.15, 0.2) is 66.9 Å². The van der Waals surface area contributed by atoms with Crippen LogP contribution in [0.25, 0.3) is 17.5 Å². The molecule has 8 nitrogen and oxygen atoms in total. The summed E-state index contributed by atoms with van der Waals surface area (Å²) in [6, 6.07) is 15.8. The van der Waals surface area contributed by atoms with E-state index in [1.807, 2.05) is 19.1 Å². The minimum absolute atomic E-state index is 0.179. The molecule has 204 valence electrons. The van der Waals surface area contributed by atoms with Crippen LogP contribution in [0.1, 0.15) is 46.0 Å². The maximum atomic E-state index is 13.7. The molecule has 1 atom stereocenters. The highest BCUT2D eigenvalue weighted by Crippen LogP contribution is 2.37. The number of rotatable bonds is 5. The maximum absolute atomic E-state index is 13.7. The standard InChI is InChI=1S/C29H24Cl2FN5O3/c1-17(23-5-3-4-13-33-23)34-28(38)26-21-12-14-36(29(39)40-2)25(15-18-6-9-20(32)10-7-18)27(21)37(35-26)24-11-8-19(30)16-22(24)31/h3-11,13,15-17H,12,14H2,1-2H3,(H,34,38)/b25-15-. The first kappa shape index (κ1) is 27.4. The lowest BCUT2D eigenvalue weighted by Gasteiger charge is -2.30. The molecule has 2 aromatic carbocycles. The highest BCUT2D eigenvalue weighted by atomic mass is 35.5. The average Bonchev–Trinajstić information content (AvgIpc) is 3.34. The molecule has 4 aromatic rings.